The molecule has 1 nitrogen and oxygen atoms in total. The zero-order chi connectivity index (χ0) is 6.97. The maximum absolute atomic E-state index is 5.47. The van der Waals surface area contributed by atoms with E-state index in [0.717, 1.165) is 24.3 Å². The van der Waals surface area contributed by atoms with Gasteiger partial charge in [-0.15, -0.1) is 0 Å². The average Bonchev–Trinajstić information content (AvgIpc) is 2.48. The van der Waals surface area contributed by atoms with E-state index in [4.69, 9.17) is 11.8 Å². The van der Waals surface area contributed by atoms with Crippen molar-refractivity contribution in [3.8, 4) is 0 Å². The Kier molecular flexibility index (Phi) is 1.88. The van der Waals surface area contributed by atoms with Crippen molar-refractivity contribution in [2.75, 3.05) is 6.54 Å². The van der Waals surface area contributed by atoms with Crippen molar-refractivity contribution in [1.82, 2.24) is 4.84 Å². The minimum Gasteiger partial charge on any atom is -0.233 e. The van der Waals surface area contributed by atoms with Crippen molar-refractivity contribution in [1.29, 1.82) is 0 Å². The molecule has 0 heterocycles. The molecule has 1 unspecified atom stereocenters. The van der Waals surface area contributed by atoms with Crippen LogP contribution in [0.25, 0.3) is 0 Å². The lowest BCUT2D eigenvalue weighted by molar-refractivity contribution is 0.334. The highest BCUT2D eigenvalue weighted by molar-refractivity contribution is 6.13. The van der Waals surface area contributed by atoms with Crippen LogP contribution in [0.1, 0.15) is 25.7 Å². The van der Waals surface area contributed by atoms with Crippen LogP contribution in [0.3, 0.4) is 0 Å². The van der Waals surface area contributed by atoms with Crippen molar-refractivity contribution >= 4 is 11.8 Å². The molecule has 3 atom stereocenters. The van der Waals surface area contributed by atoms with Crippen molar-refractivity contribution in [2.45, 2.75) is 25.7 Å². The first-order chi connectivity index (χ1) is 4.90. The van der Waals surface area contributed by atoms with Gasteiger partial charge in [0.2, 0.25) is 0 Å². The normalized spacial score (nSPS) is 44.7. The summed E-state index contributed by atoms with van der Waals surface area (Å²) in [7, 11) is 0. The van der Waals surface area contributed by atoms with Crippen molar-refractivity contribution < 1.29 is 0 Å². The van der Waals surface area contributed by atoms with E-state index in [1.54, 1.807) is 0 Å². The molecule has 2 fully saturated rings. The summed E-state index contributed by atoms with van der Waals surface area (Å²) in [5.74, 6) is 2.97. The molecule has 0 aliphatic heterocycles. The van der Waals surface area contributed by atoms with E-state index in [2.05, 4.69) is 4.84 Å². The second kappa shape index (κ2) is 2.71. The van der Waals surface area contributed by atoms with E-state index in [-0.39, 0.29) is 0 Å². The third-order valence-corrected chi connectivity index (χ3v) is 3.38. The summed E-state index contributed by atoms with van der Waals surface area (Å²) in [4.78, 5) is 2.77. The number of fused-ring (bicyclic) bond motifs is 2. The molecule has 2 rings (SSSR count). The third kappa shape index (κ3) is 1.06. The van der Waals surface area contributed by atoms with Crippen LogP contribution in [0.4, 0.5) is 0 Å². The number of hydrogen-bond donors (Lipinski definition) is 1. The quantitative estimate of drug-likeness (QED) is 0.609. The summed E-state index contributed by atoms with van der Waals surface area (Å²) in [6, 6.07) is 0. The molecule has 0 aromatic carbocycles. The molecular formula is C8H14ClN. The van der Waals surface area contributed by atoms with E-state index >= 15 is 0 Å². The highest BCUT2D eigenvalue weighted by Gasteiger charge is 2.38. The van der Waals surface area contributed by atoms with E-state index < -0.39 is 0 Å². The third-order valence-electron chi connectivity index (χ3n) is 3.22. The lowest BCUT2D eigenvalue weighted by Gasteiger charge is -2.19. The van der Waals surface area contributed by atoms with Gasteiger partial charge >= 0.3 is 0 Å². The van der Waals surface area contributed by atoms with Crippen LogP contribution in [-0.2, 0) is 0 Å². The Labute approximate surface area is 67.2 Å². The summed E-state index contributed by atoms with van der Waals surface area (Å²) < 4.78 is 0. The maximum Gasteiger partial charge on any atom is 0.0139 e. The SMILES string of the molecule is ClNCC1C[C@H]2CC[C@@H]1C2. The van der Waals surface area contributed by atoms with Crippen LogP contribution in [0.5, 0.6) is 0 Å². The van der Waals surface area contributed by atoms with E-state index in [9.17, 15) is 0 Å². The van der Waals surface area contributed by atoms with E-state index in [0.29, 0.717) is 0 Å². The highest BCUT2D eigenvalue weighted by atomic mass is 35.5. The van der Waals surface area contributed by atoms with Crippen molar-refractivity contribution in [3.05, 3.63) is 0 Å². The molecule has 0 radical (unpaired) electrons. The second-order valence-corrected chi connectivity index (χ2v) is 4.04. The van der Waals surface area contributed by atoms with Crippen LogP contribution in [-0.4, -0.2) is 6.54 Å². The summed E-state index contributed by atoms with van der Waals surface area (Å²) in [5, 5.41) is 0. The Morgan fingerprint density at radius 1 is 1.30 bits per heavy atom. The lowest BCUT2D eigenvalue weighted by Crippen LogP contribution is -2.20. The van der Waals surface area contributed by atoms with Gasteiger partial charge in [-0.2, -0.15) is 0 Å². The summed E-state index contributed by atoms with van der Waals surface area (Å²) >= 11 is 5.47. The maximum atomic E-state index is 5.47. The molecular weight excluding hydrogens is 146 g/mol. The molecule has 2 aliphatic rings. The van der Waals surface area contributed by atoms with Gasteiger partial charge in [0, 0.05) is 6.54 Å². The Balaban J connectivity index is 1.90. The predicted octanol–water partition coefficient (Wildman–Crippen LogP) is 2.17. The molecule has 1 N–H and O–H groups in total. The smallest absolute Gasteiger partial charge is 0.0139 e. The fraction of sp³-hybridized carbons (Fsp3) is 1.00. The molecule has 0 saturated heterocycles. The van der Waals surface area contributed by atoms with Gasteiger partial charge < -0.3 is 0 Å². The zero-order valence-corrected chi connectivity index (χ0v) is 6.90. The minimum atomic E-state index is 0.899. The van der Waals surface area contributed by atoms with Gasteiger partial charge in [-0.05, 0) is 48.8 Å². The molecule has 0 spiro atoms. The Hall–Kier alpha value is 0.250. The predicted molar refractivity (Wildman–Crippen MR) is 42.8 cm³/mol. The summed E-state index contributed by atoms with van der Waals surface area (Å²) in [6.45, 7) is 1.03. The van der Waals surface area contributed by atoms with Gasteiger partial charge in [0.25, 0.3) is 0 Å². The average molecular weight is 160 g/mol. The first-order valence-electron chi connectivity index (χ1n) is 4.23. The number of hydrogen-bond acceptors (Lipinski definition) is 1. The molecule has 10 heavy (non-hydrogen) atoms. The number of halogens is 1. The van der Waals surface area contributed by atoms with Crippen molar-refractivity contribution in [3.63, 3.8) is 0 Å². The second-order valence-electron chi connectivity index (χ2n) is 3.77. The number of nitrogens with one attached hydrogen (secondary N) is 1. The molecule has 2 heteroatoms. The monoisotopic (exact) mass is 159 g/mol. The van der Waals surface area contributed by atoms with Gasteiger partial charge in [0.15, 0.2) is 0 Å². The van der Waals surface area contributed by atoms with Crippen molar-refractivity contribution in [2.24, 2.45) is 17.8 Å². The lowest BCUT2D eigenvalue weighted by atomic mass is 9.89. The Morgan fingerprint density at radius 2 is 2.20 bits per heavy atom. The van der Waals surface area contributed by atoms with E-state index in [1.807, 2.05) is 0 Å². The van der Waals surface area contributed by atoms with Crippen LogP contribution >= 0.6 is 11.8 Å². The van der Waals surface area contributed by atoms with Crippen LogP contribution in [0.2, 0.25) is 0 Å². The molecule has 58 valence electrons. The number of rotatable bonds is 2. The standard InChI is InChI=1S/C8H14ClN/c9-10-5-8-4-6-1-2-7(8)3-6/h6-8,10H,1-5H2/t6-,7+,8?/m0/s1. The highest BCUT2D eigenvalue weighted by Crippen LogP contribution is 2.47. The van der Waals surface area contributed by atoms with Gasteiger partial charge in [-0.1, -0.05) is 6.42 Å². The molecule has 0 aromatic rings. The Bertz CT molecular complexity index is 126. The molecule has 2 aliphatic carbocycles. The van der Waals surface area contributed by atoms with Gasteiger partial charge in [0.05, 0.1) is 0 Å². The van der Waals surface area contributed by atoms with Gasteiger partial charge in [0.1, 0.15) is 0 Å². The van der Waals surface area contributed by atoms with Crippen LogP contribution in [0, 0.1) is 17.8 Å². The Morgan fingerprint density at radius 3 is 2.70 bits per heavy atom. The fourth-order valence-corrected chi connectivity index (χ4v) is 2.92. The van der Waals surface area contributed by atoms with E-state index in [1.165, 1.54) is 25.7 Å². The van der Waals surface area contributed by atoms with Gasteiger partial charge in [-0.25, -0.2) is 4.84 Å². The molecule has 2 saturated carbocycles. The first kappa shape index (κ1) is 6.93. The van der Waals surface area contributed by atoms with Crippen LogP contribution in [0.15, 0.2) is 0 Å². The van der Waals surface area contributed by atoms with Gasteiger partial charge in [-0.3, -0.25) is 0 Å². The minimum absolute atomic E-state index is 0.899. The fourth-order valence-electron chi connectivity index (χ4n) is 2.73. The molecule has 0 amide bonds. The summed E-state index contributed by atoms with van der Waals surface area (Å²) in [6.07, 6.45) is 5.88. The molecule has 0 aromatic heterocycles. The van der Waals surface area contributed by atoms with Crippen LogP contribution < -0.4 is 4.84 Å². The summed E-state index contributed by atoms with van der Waals surface area (Å²) in [5.41, 5.74) is 0. The first-order valence-corrected chi connectivity index (χ1v) is 4.61. The molecule has 2 bridgehead atoms. The largest absolute Gasteiger partial charge is 0.233 e. The zero-order valence-electron chi connectivity index (χ0n) is 6.15. The topological polar surface area (TPSA) is 12.0 Å².